The lowest BCUT2D eigenvalue weighted by molar-refractivity contribution is 0.100. The van der Waals surface area contributed by atoms with Gasteiger partial charge < -0.3 is 4.98 Å². The summed E-state index contributed by atoms with van der Waals surface area (Å²) in [6, 6.07) is 16.7. The molecule has 4 aromatic rings. The minimum absolute atomic E-state index is 0.225. The molecule has 25 heavy (non-hydrogen) atoms. The Labute approximate surface area is 143 Å². The van der Waals surface area contributed by atoms with Crippen molar-refractivity contribution in [3.05, 3.63) is 81.8 Å². The van der Waals surface area contributed by atoms with E-state index in [1.807, 2.05) is 31.2 Å². The second-order valence-corrected chi connectivity index (χ2v) is 6.20. The Hall–Kier alpha value is -3.34. The molecular formula is C20H17N3O2. The highest BCUT2D eigenvalue weighted by Gasteiger charge is 2.15. The average Bonchev–Trinajstić information content (AvgIpc) is 2.89. The number of aryl methyl sites for hydroxylation is 2. The standard InChI is InChI=1S/C20H17N3O2/c1-12-10-13(2)19-15(11-12)14-6-3-4-8-17(14)23(19)22-20(25)16-7-5-9-18(24)21-16/h3-11H,1-2H3,(H,21,24)(H,22,25). The molecule has 5 heteroatoms. The van der Waals surface area contributed by atoms with Gasteiger partial charge in [0.15, 0.2) is 0 Å². The largest absolute Gasteiger partial charge is 0.318 e. The maximum Gasteiger partial charge on any atom is 0.286 e. The van der Waals surface area contributed by atoms with Gasteiger partial charge in [-0.25, -0.2) is 0 Å². The first-order chi connectivity index (χ1) is 12.0. The molecule has 0 saturated heterocycles. The maximum atomic E-state index is 12.6. The van der Waals surface area contributed by atoms with Gasteiger partial charge >= 0.3 is 0 Å². The van der Waals surface area contributed by atoms with Crippen LogP contribution in [0.2, 0.25) is 0 Å². The number of benzene rings is 2. The van der Waals surface area contributed by atoms with Crippen molar-refractivity contribution >= 4 is 27.7 Å². The second kappa shape index (κ2) is 5.63. The van der Waals surface area contributed by atoms with Crippen LogP contribution in [0, 0.1) is 13.8 Å². The molecule has 124 valence electrons. The number of pyridine rings is 1. The fraction of sp³-hybridized carbons (Fsp3) is 0.100. The van der Waals surface area contributed by atoms with Crippen LogP contribution in [-0.4, -0.2) is 15.6 Å². The van der Waals surface area contributed by atoms with E-state index in [-0.39, 0.29) is 17.2 Å². The number of aromatic nitrogens is 2. The Kier molecular flexibility index (Phi) is 3.42. The van der Waals surface area contributed by atoms with Gasteiger partial charge in [-0.3, -0.25) is 19.7 Å². The van der Waals surface area contributed by atoms with E-state index in [2.05, 4.69) is 29.5 Å². The van der Waals surface area contributed by atoms with Gasteiger partial charge in [-0.2, -0.15) is 0 Å². The van der Waals surface area contributed by atoms with Gasteiger partial charge in [0, 0.05) is 16.8 Å². The van der Waals surface area contributed by atoms with E-state index in [1.54, 1.807) is 16.8 Å². The van der Waals surface area contributed by atoms with Crippen molar-refractivity contribution in [1.82, 2.24) is 9.66 Å². The van der Waals surface area contributed by atoms with Crippen LogP contribution in [0.3, 0.4) is 0 Å². The summed E-state index contributed by atoms with van der Waals surface area (Å²) in [5.74, 6) is -0.361. The first-order valence-corrected chi connectivity index (χ1v) is 8.06. The Morgan fingerprint density at radius 3 is 2.60 bits per heavy atom. The minimum atomic E-state index is -0.361. The number of fused-ring (bicyclic) bond motifs is 3. The van der Waals surface area contributed by atoms with Crippen molar-refractivity contribution in [3.8, 4) is 0 Å². The van der Waals surface area contributed by atoms with Crippen LogP contribution in [0.4, 0.5) is 0 Å². The summed E-state index contributed by atoms with van der Waals surface area (Å²) in [4.78, 5) is 26.7. The molecule has 0 unspecified atom stereocenters. The number of H-pyrrole nitrogens is 1. The van der Waals surface area contributed by atoms with Crippen molar-refractivity contribution in [2.24, 2.45) is 0 Å². The molecule has 2 heterocycles. The molecule has 0 radical (unpaired) electrons. The second-order valence-electron chi connectivity index (χ2n) is 6.20. The molecule has 2 aromatic heterocycles. The zero-order chi connectivity index (χ0) is 17.6. The summed E-state index contributed by atoms with van der Waals surface area (Å²) >= 11 is 0. The van der Waals surface area contributed by atoms with Gasteiger partial charge in [-0.05, 0) is 37.6 Å². The molecular weight excluding hydrogens is 314 g/mol. The number of rotatable bonds is 2. The maximum absolute atomic E-state index is 12.6. The molecule has 0 aliphatic carbocycles. The quantitative estimate of drug-likeness (QED) is 0.590. The van der Waals surface area contributed by atoms with Crippen LogP contribution in [-0.2, 0) is 0 Å². The smallest absolute Gasteiger partial charge is 0.286 e. The Morgan fingerprint density at radius 1 is 1.00 bits per heavy atom. The lowest BCUT2D eigenvalue weighted by atomic mass is 10.1. The fourth-order valence-corrected chi connectivity index (χ4v) is 3.34. The summed E-state index contributed by atoms with van der Waals surface area (Å²) in [5.41, 5.74) is 6.96. The fourth-order valence-electron chi connectivity index (χ4n) is 3.34. The molecule has 0 saturated carbocycles. The van der Waals surface area contributed by atoms with E-state index in [0.29, 0.717) is 0 Å². The third-order valence-corrected chi connectivity index (χ3v) is 4.33. The first-order valence-electron chi connectivity index (χ1n) is 8.06. The van der Waals surface area contributed by atoms with Crippen LogP contribution in [0.5, 0.6) is 0 Å². The van der Waals surface area contributed by atoms with Crippen LogP contribution >= 0.6 is 0 Å². The summed E-state index contributed by atoms with van der Waals surface area (Å²) in [7, 11) is 0. The number of nitrogens with zero attached hydrogens (tertiary/aromatic N) is 1. The summed E-state index contributed by atoms with van der Waals surface area (Å²) in [6.45, 7) is 4.09. The van der Waals surface area contributed by atoms with E-state index in [0.717, 1.165) is 27.4 Å². The van der Waals surface area contributed by atoms with Crippen molar-refractivity contribution in [2.45, 2.75) is 13.8 Å². The lowest BCUT2D eigenvalue weighted by Crippen LogP contribution is -2.25. The number of aromatic amines is 1. The average molecular weight is 331 g/mol. The number of hydrogen-bond acceptors (Lipinski definition) is 2. The summed E-state index contributed by atoms with van der Waals surface area (Å²) < 4.78 is 1.80. The minimum Gasteiger partial charge on any atom is -0.318 e. The van der Waals surface area contributed by atoms with Gasteiger partial charge in [0.05, 0.1) is 11.0 Å². The number of amides is 1. The van der Waals surface area contributed by atoms with Crippen molar-refractivity contribution in [3.63, 3.8) is 0 Å². The van der Waals surface area contributed by atoms with Crippen molar-refractivity contribution < 1.29 is 4.79 Å². The van der Waals surface area contributed by atoms with Crippen LogP contribution in [0.15, 0.2) is 59.4 Å². The van der Waals surface area contributed by atoms with Crippen LogP contribution in [0.25, 0.3) is 21.8 Å². The Bertz CT molecular complexity index is 1180. The van der Waals surface area contributed by atoms with E-state index >= 15 is 0 Å². The highest BCUT2D eigenvalue weighted by atomic mass is 16.2. The predicted molar refractivity (Wildman–Crippen MR) is 99.7 cm³/mol. The Morgan fingerprint density at radius 2 is 1.80 bits per heavy atom. The van der Waals surface area contributed by atoms with Crippen molar-refractivity contribution in [1.29, 1.82) is 0 Å². The van der Waals surface area contributed by atoms with E-state index in [1.165, 1.54) is 11.6 Å². The Balaban J connectivity index is 1.94. The third-order valence-electron chi connectivity index (χ3n) is 4.33. The SMILES string of the molecule is Cc1cc(C)c2c(c1)c1ccccc1n2NC(=O)c1cccc(=O)[nH]1. The first kappa shape index (κ1) is 15.2. The molecule has 0 fully saturated rings. The molecule has 2 N–H and O–H groups in total. The monoisotopic (exact) mass is 331 g/mol. The molecule has 2 aromatic carbocycles. The number of carbonyl (C=O) groups is 1. The van der Waals surface area contributed by atoms with Gasteiger partial charge in [-0.15, -0.1) is 0 Å². The predicted octanol–water partition coefficient (Wildman–Crippen LogP) is 3.48. The van der Waals surface area contributed by atoms with Gasteiger partial charge in [0.25, 0.3) is 5.91 Å². The van der Waals surface area contributed by atoms with E-state index in [4.69, 9.17) is 0 Å². The highest BCUT2D eigenvalue weighted by Crippen LogP contribution is 2.31. The zero-order valence-corrected chi connectivity index (χ0v) is 14.0. The number of carbonyl (C=O) groups excluding carboxylic acids is 1. The van der Waals surface area contributed by atoms with E-state index in [9.17, 15) is 9.59 Å². The third kappa shape index (κ3) is 2.50. The van der Waals surface area contributed by atoms with Crippen LogP contribution < -0.4 is 11.0 Å². The normalized spacial score (nSPS) is 11.1. The number of para-hydroxylation sites is 1. The molecule has 0 bridgehead atoms. The topological polar surface area (TPSA) is 66.9 Å². The van der Waals surface area contributed by atoms with Gasteiger partial charge in [0.1, 0.15) is 5.69 Å². The van der Waals surface area contributed by atoms with Crippen molar-refractivity contribution in [2.75, 3.05) is 5.43 Å². The highest BCUT2D eigenvalue weighted by molar-refractivity contribution is 6.11. The summed E-state index contributed by atoms with van der Waals surface area (Å²) in [6.07, 6.45) is 0. The summed E-state index contributed by atoms with van der Waals surface area (Å²) in [5, 5.41) is 2.17. The number of hydrogen-bond donors (Lipinski definition) is 2. The van der Waals surface area contributed by atoms with Gasteiger partial charge in [0.2, 0.25) is 5.56 Å². The molecule has 1 amide bonds. The molecule has 0 atom stereocenters. The molecule has 4 rings (SSSR count). The van der Waals surface area contributed by atoms with Gasteiger partial charge in [-0.1, -0.05) is 35.9 Å². The lowest BCUT2D eigenvalue weighted by Gasteiger charge is -2.11. The molecule has 0 aliphatic rings. The van der Waals surface area contributed by atoms with E-state index < -0.39 is 0 Å². The number of nitrogens with one attached hydrogen (secondary N) is 2. The molecule has 0 aliphatic heterocycles. The van der Waals surface area contributed by atoms with Crippen LogP contribution in [0.1, 0.15) is 21.6 Å². The molecule has 0 spiro atoms. The zero-order valence-electron chi connectivity index (χ0n) is 14.0. The molecule has 5 nitrogen and oxygen atoms in total.